The van der Waals surface area contributed by atoms with Crippen LogP contribution in [0.25, 0.3) is 0 Å². The summed E-state index contributed by atoms with van der Waals surface area (Å²) in [6, 6.07) is 7.96. The molecule has 1 aromatic carbocycles. The number of carbonyl (C=O) groups is 1. The van der Waals surface area contributed by atoms with Crippen LogP contribution in [0.2, 0.25) is 0 Å². The van der Waals surface area contributed by atoms with E-state index in [2.05, 4.69) is 6.07 Å². The smallest absolute Gasteiger partial charge is 0.191 e. The van der Waals surface area contributed by atoms with Crippen LogP contribution in [0, 0.1) is 0 Å². The molecule has 0 N–H and O–H groups in total. The summed E-state index contributed by atoms with van der Waals surface area (Å²) in [6.07, 6.45) is 0.502. The highest BCUT2D eigenvalue weighted by molar-refractivity contribution is 5.86. The van der Waals surface area contributed by atoms with E-state index in [4.69, 9.17) is 9.47 Å². The van der Waals surface area contributed by atoms with Gasteiger partial charge in [-0.05, 0) is 31.4 Å². The number of Topliss-reactive ketones (excluding diaryl/α,β-unsaturated/α-hetero) is 1. The summed E-state index contributed by atoms with van der Waals surface area (Å²) in [5.41, 5.74) is 2.21. The van der Waals surface area contributed by atoms with Gasteiger partial charge in [-0.15, -0.1) is 0 Å². The van der Waals surface area contributed by atoms with Gasteiger partial charge in [-0.2, -0.15) is 0 Å². The third-order valence-corrected chi connectivity index (χ3v) is 2.84. The van der Waals surface area contributed by atoms with Crippen LogP contribution in [0.15, 0.2) is 24.3 Å². The van der Waals surface area contributed by atoms with Crippen LogP contribution < -0.4 is 0 Å². The first-order chi connectivity index (χ1) is 8.18. The van der Waals surface area contributed by atoms with E-state index in [-0.39, 0.29) is 18.5 Å². The fraction of sp³-hybridized carbons (Fsp3) is 0.500. The molecule has 3 heteroatoms. The highest BCUT2D eigenvalue weighted by atomic mass is 16.5. The number of benzene rings is 1. The Morgan fingerprint density at radius 2 is 2.24 bits per heavy atom. The Kier molecular flexibility index (Phi) is 3.92. The molecule has 0 radical (unpaired) electrons. The maximum Gasteiger partial charge on any atom is 0.191 e. The van der Waals surface area contributed by atoms with Gasteiger partial charge >= 0.3 is 0 Å². The van der Waals surface area contributed by atoms with Crippen LogP contribution in [0.5, 0.6) is 0 Å². The van der Waals surface area contributed by atoms with Crippen LogP contribution in [0.3, 0.4) is 0 Å². The zero-order chi connectivity index (χ0) is 12.3. The highest BCUT2D eigenvalue weighted by Crippen LogP contribution is 2.27. The molecule has 1 aliphatic rings. The lowest BCUT2D eigenvalue weighted by molar-refractivity contribution is -0.138. The Labute approximate surface area is 102 Å². The SMILES string of the molecule is CC(C)OCC(=O)C1OCCc2ccccc21. The summed E-state index contributed by atoms with van der Waals surface area (Å²) in [5.74, 6) is 0.00542. The normalized spacial score (nSPS) is 19.1. The largest absolute Gasteiger partial charge is 0.371 e. The van der Waals surface area contributed by atoms with Crippen molar-refractivity contribution in [1.82, 2.24) is 0 Å². The molecule has 0 aromatic heterocycles. The lowest BCUT2D eigenvalue weighted by Gasteiger charge is -2.25. The van der Waals surface area contributed by atoms with Crippen molar-refractivity contribution in [3.05, 3.63) is 35.4 Å². The van der Waals surface area contributed by atoms with E-state index >= 15 is 0 Å². The van der Waals surface area contributed by atoms with E-state index in [1.807, 2.05) is 32.0 Å². The summed E-state index contributed by atoms with van der Waals surface area (Å²) >= 11 is 0. The van der Waals surface area contributed by atoms with E-state index in [1.165, 1.54) is 5.56 Å². The Morgan fingerprint density at radius 3 is 3.00 bits per heavy atom. The summed E-state index contributed by atoms with van der Waals surface area (Å²) in [7, 11) is 0. The molecule has 0 amide bonds. The zero-order valence-corrected chi connectivity index (χ0v) is 10.3. The van der Waals surface area contributed by atoms with E-state index in [0.717, 1.165) is 12.0 Å². The fourth-order valence-electron chi connectivity index (χ4n) is 1.99. The Balaban J connectivity index is 2.10. The number of carbonyl (C=O) groups excluding carboxylic acids is 1. The first kappa shape index (κ1) is 12.3. The van der Waals surface area contributed by atoms with Gasteiger partial charge in [0.05, 0.1) is 12.7 Å². The number of hydrogen-bond acceptors (Lipinski definition) is 3. The standard InChI is InChI=1S/C14H18O3/c1-10(2)17-9-13(15)14-12-6-4-3-5-11(12)7-8-16-14/h3-6,10,14H,7-9H2,1-2H3. The summed E-state index contributed by atoms with van der Waals surface area (Å²) in [5, 5.41) is 0. The second-order valence-electron chi connectivity index (χ2n) is 4.53. The molecule has 17 heavy (non-hydrogen) atoms. The van der Waals surface area contributed by atoms with Crippen molar-refractivity contribution in [2.24, 2.45) is 0 Å². The average molecular weight is 234 g/mol. The molecule has 92 valence electrons. The van der Waals surface area contributed by atoms with Gasteiger partial charge in [0, 0.05) is 0 Å². The van der Waals surface area contributed by atoms with E-state index < -0.39 is 6.10 Å². The van der Waals surface area contributed by atoms with Crippen LogP contribution in [0.1, 0.15) is 31.1 Å². The molecule has 1 atom stereocenters. The van der Waals surface area contributed by atoms with E-state index in [1.54, 1.807) is 0 Å². The second kappa shape index (κ2) is 5.43. The van der Waals surface area contributed by atoms with Crippen molar-refractivity contribution in [1.29, 1.82) is 0 Å². The first-order valence-electron chi connectivity index (χ1n) is 6.02. The van der Waals surface area contributed by atoms with Gasteiger partial charge in [-0.3, -0.25) is 4.79 Å². The average Bonchev–Trinajstić information content (AvgIpc) is 2.35. The van der Waals surface area contributed by atoms with Gasteiger partial charge in [-0.25, -0.2) is 0 Å². The maximum atomic E-state index is 12.0. The topological polar surface area (TPSA) is 35.5 Å². The number of ether oxygens (including phenoxy) is 2. The van der Waals surface area contributed by atoms with Gasteiger partial charge in [0.15, 0.2) is 5.78 Å². The molecular formula is C14H18O3. The third-order valence-electron chi connectivity index (χ3n) is 2.84. The molecule has 0 fully saturated rings. The molecule has 1 aliphatic heterocycles. The Bertz CT molecular complexity index is 398. The third kappa shape index (κ3) is 2.93. The molecule has 0 aliphatic carbocycles. The number of rotatable bonds is 4. The molecule has 0 saturated heterocycles. The summed E-state index contributed by atoms with van der Waals surface area (Å²) < 4.78 is 10.9. The van der Waals surface area contributed by atoms with Crippen molar-refractivity contribution < 1.29 is 14.3 Å². The monoisotopic (exact) mass is 234 g/mol. The quantitative estimate of drug-likeness (QED) is 0.802. The van der Waals surface area contributed by atoms with Gasteiger partial charge in [0.2, 0.25) is 0 Å². The molecule has 1 aromatic rings. The minimum Gasteiger partial charge on any atom is -0.371 e. The summed E-state index contributed by atoms with van der Waals surface area (Å²) in [6.45, 7) is 4.57. The number of fused-ring (bicyclic) bond motifs is 1. The predicted octanol–water partition coefficient (Wildman–Crippen LogP) is 2.29. The van der Waals surface area contributed by atoms with Crippen molar-refractivity contribution >= 4 is 5.78 Å². The molecule has 0 spiro atoms. The molecular weight excluding hydrogens is 216 g/mol. The Morgan fingerprint density at radius 1 is 1.47 bits per heavy atom. The molecule has 1 unspecified atom stereocenters. The number of hydrogen-bond donors (Lipinski definition) is 0. The van der Waals surface area contributed by atoms with Crippen molar-refractivity contribution in [2.75, 3.05) is 13.2 Å². The fourth-order valence-corrected chi connectivity index (χ4v) is 1.99. The molecule has 2 rings (SSSR count). The summed E-state index contributed by atoms with van der Waals surface area (Å²) in [4.78, 5) is 12.0. The van der Waals surface area contributed by atoms with Crippen LogP contribution in [0.4, 0.5) is 0 Å². The van der Waals surface area contributed by atoms with Gasteiger partial charge in [-0.1, -0.05) is 24.3 Å². The predicted molar refractivity (Wildman–Crippen MR) is 64.9 cm³/mol. The van der Waals surface area contributed by atoms with Crippen molar-refractivity contribution in [3.63, 3.8) is 0 Å². The van der Waals surface area contributed by atoms with E-state index in [9.17, 15) is 4.79 Å². The first-order valence-corrected chi connectivity index (χ1v) is 6.02. The van der Waals surface area contributed by atoms with Crippen LogP contribution in [-0.4, -0.2) is 25.1 Å². The van der Waals surface area contributed by atoms with Crippen LogP contribution >= 0.6 is 0 Å². The van der Waals surface area contributed by atoms with E-state index in [0.29, 0.717) is 6.61 Å². The zero-order valence-electron chi connectivity index (χ0n) is 10.3. The van der Waals surface area contributed by atoms with Crippen LogP contribution in [-0.2, 0) is 20.7 Å². The molecule has 1 heterocycles. The lowest BCUT2D eigenvalue weighted by atomic mass is 9.95. The number of ketones is 1. The maximum absolute atomic E-state index is 12.0. The van der Waals surface area contributed by atoms with Crippen molar-refractivity contribution in [3.8, 4) is 0 Å². The van der Waals surface area contributed by atoms with Gasteiger partial charge in [0.1, 0.15) is 12.7 Å². The molecule has 3 nitrogen and oxygen atoms in total. The van der Waals surface area contributed by atoms with Crippen molar-refractivity contribution in [2.45, 2.75) is 32.5 Å². The minimum atomic E-state index is -0.446. The van der Waals surface area contributed by atoms with Gasteiger partial charge in [0.25, 0.3) is 0 Å². The molecule has 0 saturated carbocycles. The molecule has 0 bridgehead atoms. The Hall–Kier alpha value is -1.19. The lowest BCUT2D eigenvalue weighted by Crippen LogP contribution is -2.27. The second-order valence-corrected chi connectivity index (χ2v) is 4.53. The van der Waals surface area contributed by atoms with Gasteiger partial charge < -0.3 is 9.47 Å². The highest BCUT2D eigenvalue weighted by Gasteiger charge is 2.26. The minimum absolute atomic E-state index is 0.00542.